The van der Waals surface area contributed by atoms with Gasteiger partial charge in [-0.15, -0.1) is 0 Å². The first kappa shape index (κ1) is 22.7. The maximum Gasteiger partial charge on any atom is 0.411 e. The van der Waals surface area contributed by atoms with Gasteiger partial charge in [-0.2, -0.15) is 0 Å². The lowest BCUT2D eigenvalue weighted by molar-refractivity contribution is 0.123. The zero-order valence-corrected chi connectivity index (χ0v) is 19.6. The van der Waals surface area contributed by atoms with Crippen LogP contribution in [0.5, 0.6) is 0 Å². The number of urea groups is 1. The third-order valence-corrected chi connectivity index (χ3v) is 6.63. The first-order valence-corrected chi connectivity index (χ1v) is 12.2. The SMILES string of the molecule is O=C(Nc1cccc2ccccc12)OCC[C@@H]1CCCCN1C(=O)Nc1cccc2ccccc12. The number of hydrogen-bond acceptors (Lipinski definition) is 3. The van der Waals surface area contributed by atoms with Gasteiger partial charge in [-0.1, -0.05) is 72.8 Å². The number of carbonyl (C=O) groups is 2. The number of ether oxygens (including phenoxy) is 1. The van der Waals surface area contributed by atoms with Gasteiger partial charge in [0.1, 0.15) is 0 Å². The molecule has 0 spiro atoms. The summed E-state index contributed by atoms with van der Waals surface area (Å²) in [5.41, 5.74) is 1.53. The second kappa shape index (κ2) is 10.5. The molecule has 0 unspecified atom stereocenters. The highest BCUT2D eigenvalue weighted by atomic mass is 16.5. The molecule has 2 N–H and O–H groups in total. The molecule has 0 radical (unpaired) electrons. The van der Waals surface area contributed by atoms with Crippen molar-refractivity contribution in [2.24, 2.45) is 0 Å². The van der Waals surface area contributed by atoms with Gasteiger partial charge in [0.2, 0.25) is 0 Å². The Morgan fingerprint density at radius 1 is 0.771 bits per heavy atom. The third-order valence-electron chi connectivity index (χ3n) is 6.63. The average Bonchev–Trinajstić information content (AvgIpc) is 2.89. The molecule has 1 aliphatic rings. The number of hydrogen-bond donors (Lipinski definition) is 2. The summed E-state index contributed by atoms with van der Waals surface area (Å²) < 4.78 is 5.49. The molecule has 35 heavy (non-hydrogen) atoms. The van der Waals surface area contributed by atoms with E-state index < -0.39 is 6.09 Å². The van der Waals surface area contributed by atoms with Crippen molar-refractivity contribution in [2.45, 2.75) is 31.7 Å². The van der Waals surface area contributed by atoms with Crippen LogP contribution in [-0.2, 0) is 4.74 Å². The van der Waals surface area contributed by atoms with Crippen molar-refractivity contribution in [2.75, 3.05) is 23.8 Å². The van der Waals surface area contributed by atoms with Gasteiger partial charge < -0.3 is 15.0 Å². The predicted octanol–water partition coefficient (Wildman–Crippen LogP) is 7.02. The van der Waals surface area contributed by atoms with E-state index in [0.717, 1.165) is 52.2 Å². The summed E-state index contributed by atoms with van der Waals surface area (Å²) in [5, 5.41) is 10.1. The molecule has 6 heteroatoms. The van der Waals surface area contributed by atoms with Crippen LogP contribution in [-0.4, -0.2) is 36.2 Å². The zero-order valence-electron chi connectivity index (χ0n) is 19.6. The van der Waals surface area contributed by atoms with Crippen LogP contribution in [0, 0.1) is 0 Å². The summed E-state index contributed by atoms with van der Waals surface area (Å²) >= 11 is 0. The maximum atomic E-state index is 13.2. The number of nitrogens with one attached hydrogen (secondary N) is 2. The number of likely N-dealkylation sites (tertiary alicyclic amines) is 1. The summed E-state index contributed by atoms with van der Waals surface area (Å²) in [4.78, 5) is 27.5. The number of amides is 3. The number of benzene rings is 4. The number of nitrogens with zero attached hydrogens (tertiary/aromatic N) is 1. The van der Waals surface area contributed by atoms with Crippen LogP contribution in [0.2, 0.25) is 0 Å². The number of fused-ring (bicyclic) bond motifs is 2. The van der Waals surface area contributed by atoms with Crippen molar-refractivity contribution in [1.29, 1.82) is 0 Å². The summed E-state index contributed by atoms with van der Waals surface area (Å²) in [7, 11) is 0. The van der Waals surface area contributed by atoms with Gasteiger partial charge in [-0.05, 0) is 42.2 Å². The normalized spacial score (nSPS) is 15.7. The molecular weight excluding hydrogens is 438 g/mol. The number of anilines is 2. The van der Waals surface area contributed by atoms with E-state index in [9.17, 15) is 9.59 Å². The van der Waals surface area contributed by atoms with Crippen LogP contribution in [0.25, 0.3) is 21.5 Å². The van der Waals surface area contributed by atoms with E-state index in [0.29, 0.717) is 13.0 Å². The van der Waals surface area contributed by atoms with Gasteiger partial charge in [0.05, 0.1) is 18.0 Å². The van der Waals surface area contributed by atoms with Crippen molar-refractivity contribution in [3.8, 4) is 0 Å². The molecule has 3 amide bonds. The number of rotatable bonds is 5. The van der Waals surface area contributed by atoms with E-state index in [1.807, 2.05) is 89.8 Å². The first-order valence-electron chi connectivity index (χ1n) is 12.2. The second-order valence-electron chi connectivity index (χ2n) is 8.88. The monoisotopic (exact) mass is 467 g/mol. The smallest absolute Gasteiger partial charge is 0.411 e. The molecule has 178 valence electrons. The standard InChI is InChI=1S/C29H29N3O3/c33-28(30-26-16-7-11-21-9-1-3-14-24(21)26)32-19-6-5-13-23(32)18-20-35-29(34)31-27-17-8-12-22-10-2-4-15-25(22)27/h1-4,7-12,14-17,23H,5-6,13,18-20H2,(H,30,33)(H,31,34)/t23-/m0/s1. The summed E-state index contributed by atoms with van der Waals surface area (Å²) in [6, 6.07) is 27.5. The minimum Gasteiger partial charge on any atom is -0.449 e. The fraction of sp³-hybridized carbons (Fsp3) is 0.241. The Morgan fingerprint density at radius 3 is 2.06 bits per heavy atom. The largest absolute Gasteiger partial charge is 0.449 e. The van der Waals surface area contributed by atoms with Crippen molar-refractivity contribution >= 4 is 45.0 Å². The number of piperidine rings is 1. The van der Waals surface area contributed by atoms with Crippen molar-refractivity contribution in [3.63, 3.8) is 0 Å². The Labute approximate surface area is 204 Å². The van der Waals surface area contributed by atoms with E-state index in [1.54, 1.807) is 0 Å². The molecule has 1 aliphatic heterocycles. The van der Waals surface area contributed by atoms with Crippen molar-refractivity contribution < 1.29 is 14.3 Å². The fourth-order valence-electron chi connectivity index (χ4n) is 4.86. The van der Waals surface area contributed by atoms with E-state index in [-0.39, 0.29) is 18.7 Å². The molecule has 4 aromatic rings. The van der Waals surface area contributed by atoms with E-state index in [4.69, 9.17) is 4.74 Å². The van der Waals surface area contributed by atoms with Crippen molar-refractivity contribution in [1.82, 2.24) is 4.90 Å². The van der Waals surface area contributed by atoms with Gasteiger partial charge in [0.15, 0.2) is 0 Å². The molecule has 0 bridgehead atoms. The maximum absolute atomic E-state index is 13.2. The van der Waals surface area contributed by atoms with Gasteiger partial charge in [-0.3, -0.25) is 5.32 Å². The molecule has 1 saturated heterocycles. The minimum atomic E-state index is -0.482. The molecule has 1 fully saturated rings. The van der Waals surface area contributed by atoms with Gasteiger partial charge in [0.25, 0.3) is 0 Å². The topological polar surface area (TPSA) is 70.7 Å². The highest BCUT2D eigenvalue weighted by molar-refractivity contribution is 6.02. The molecule has 0 aliphatic carbocycles. The molecule has 6 nitrogen and oxygen atoms in total. The minimum absolute atomic E-state index is 0.0316. The summed E-state index contributed by atoms with van der Waals surface area (Å²) in [6.07, 6.45) is 3.06. The van der Waals surface area contributed by atoms with Crippen LogP contribution in [0.1, 0.15) is 25.7 Å². The highest BCUT2D eigenvalue weighted by Gasteiger charge is 2.27. The van der Waals surface area contributed by atoms with Gasteiger partial charge in [-0.25, -0.2) is 9.59 Å². The highest BCUT2D eigenvalue weighted by Crippen LogP contribution is 2.26. The van der Waals surface area contributed by atoms with Gasteiger partial charge >= 0.3 is 12.1 Å². The van der Waals surface area contributed by atoms with E-state index in [2.05, 4.69) is 10.6 Å². The first-order chi connectivity index (χ1) is 17.2. The lowest BCUT2D eigenvalue weighted by Gasteiger charge is -2.35. The van der Waals surface area contributed by atoms with Crippen LogP contribution in [0.3, 0.4) is 0 Å². The lowest BCUT2D eigenvalue weighted by Crippen LogP contribution is -2.46. The lowest BCUT2D eigenvalue weighted by atomic mass is 10.00. The van der Waals surface area contributed by atoms with Crippen LogP contribution >= 0.6 is 0 Å². The van der Waals surface area contributed by atoms with E-state index in [1.165, 1.54) is 0 Å². The Bertz CT molecular complexity index is 1340. The van der Waals surface area contributed by atoms with Crippen LogP contribution in [0.15, 0.2) is 84.9 Å². The number of carbonyl (C=O) groups excluding carboxylic acids is 2. The molecule has 1 atom stereocenters. The third kappa shape index (κ3) is 5.22. The Hall–Kier alpha value is -4.06. The molecule has 4 aromatic carbocycles. The predicted molar refractivity (Wildman–Crippen MR) is 141 cm³/mol. The Morgan fingerprint density at radius 2 is 1.37 bits per heavy atom. The molecular formula is C29H29N3O3. The van der Waals surface area contributed by atoms with Gasteiger partial charge in [0, 0.05) is 29.8 Å². The second-order valence-corrected chi connectivity index (χ2v) is 8.88. The van der Waals surface area contributed by atoms with E-state index >= 15 is 0 Å². The van der Waals surface area contributed by atoms with Crippen molar-refractivity contribution in [3.05, 3.63) is 84.9 Å². The fourth-order valence-corrected chi connectivity index (χ4v) is 4.86. The Balaban J connectivity index is 1.18. The quantitative estimate of drug-likeness (QED) is 0.331. The molecule has 0 aromatic heterocycles. The molecule has 0 saturated carbocycles. The summed E-state index contributed by atoms with van der Waals surface area (Å²) in [5.74, 6) is 0. The summed E-state index contributed by atoms with van der Waals surface area (Å²) in [6.45, 7) is 0.947. The zero-order chi connectivity index (χ0) is 24.0. The van der Waals surface area contributed by atoms with Crippen LogP contribution < -0.4 is 10.6 Å². The molecule has 5 rings (SSSR count). The average molecular weight is 468 g/mol. The molecule has 1 heterocycles. The Kier molecular flexibility index (Phi) is 6.80. The van der Waals surface area contributed by atoms with Crippen LogP contribution in [0.4, 0.5) is 21.0 Å².